The Hall–Kier alpha value is -2.56. The lowest BCUT2D eigenvalue weighted by molar-refractivity contribution is 0.0848. The molecular formula is C18H21N3O2. The Kier molecular flexibility index (Phi) is 4.76. The Morgan fingerprint density at radius 1 is 1.13 bits per heavy atom. The highest BCUT2D eigenvalue weighted by molar-refractivity contribution is 5.67. The van der Waals surface area contributed by atoms with Crippen LogP contribution in [0.15, 0.2) is 48.5 Å². The predicted octanol–water partition coefficient (Wildman–Crippen LogP) is 3.07. The molecule has 120 valence electrons. The van der Waals surface area contributed by atoms with Crippen LogP contribution in [0, 0.1) is 0 Å². The van der Waals surface area contributed by atoms with Crippen molar-refractivity contribution in [1.82, 2.24) is 10.3 Å². The molecular weight excluding hydrogens is 290 g/mol. The van der Waals surface area contributed by atoms with Crippen molar-refractivity contribution in [2.24, 2.45) is 0 Å². The predicted molar refractivity (Wildman–Crippen MR) is 90.4 cm³/mol. The average Bonchev–Trinajstić information content (AvgIpc) is 2.63. The van der Waals surface area contributed by atoms with Crippen LogP contribution < -0.4 is 10.2 Å². The molecule has 1 saturated heterocycles. The molecule has 23 heavy (non-hydrogen) atoms. The third kappa shape index (κ3) is 3.80. The van der Waals surface area contributed by atoms with Crippen molar-refractivity contribution in [3.8, 4) is 11.3 Å². The smallest absolute Gasteiger partial charge is 0.407 e. The van der Waals surface area contributed by atoms with Gasteiger partial charge in [0.2, 0.25) is 0 Å². The van der Waals surface area contributed by atoms with E-state index in [1.54, 1.807) is 7.05 Å². The van der Waals surface area contributed by atoms with E-state index in [2.05, 4.69) is 22.3 Å². The van der Waals surface area contributed by atoms with Gasteiger partial charge in [0.1, 0.15) is 11.9 Å². The number of nitrogens with one attached hydrogen (secondary N) is 1. The molecule has 3 rings (SSSR count). The first kappa shape index (κ1) is 15.3. The van der Waals surface area contributed by atoms with Gasteiger partial charge < -0.3 is 15.0 Å². The van der Waals surface area contributed by atoms with E-state index >= 15 is 0 Å². The lowest BCUT2D eigenvalue weighted by Gasteiger charge is -2.32. The quantitative estimate of drug-likeness (QED) is 0.946. The van der Waals surface area contributed by atoms with E-state index in [4.69, 9.17) is 9.72 Å². The number of hydrogen-bond acceptors (Lipinski definition) is 4. The first-order valence-electron chi connectivity index (χ1n) is 7.92. The minimum absolute atomic E-state index is 0.0106. The van der Waals surface area contributed by atoms with Gasteiger partial charge in [0.05, 0.1) is 5.69 Å². The van der Waals surface area contributed by atoms with Gasteiger partial charge in [-0.1, -0.05) is 36.4 Å². The second-order valence-corrected chi connectivity index (χ2v) is 5.59. The van der Waals surface area contributed by atoms with Gasteiger partial charge in [0.25, 0.3) is 0 Å². The Labute approximate surface area is 136 Å². The Morgan fingerprint density at radius 3 is 2.57 bits per heavy atom. The highest BCUT2D eigenvalue weighted by Gasteiger charge is 2.22. The van der Waals surface area contributed by atoms with Crippen molar-refractivity contribution in [3.05, 3.63) is 48.5 Å². The molecule has 5 heteroatoms. The fraction of sp³-hybridized carbons (Fsp3) is 0.333. The van der Waals surface area contributed by atoms with Crippen molar-refractivity contribution < 1.29 is 9.53 Å². The monoisotopic (exact) mass is 311 g/mol. The highest BCUT2D eigenvalue weighted by atomic mass is 16.6. The number of carbonyl (C=O) groups excluding carboxylic acids is 1. The number of nitrogens with zero attached hydrogens (tertiary/aromatic N) is 2. The summed E-state index contributed by atoms with van der Waals surface area (Å²) in [7, 11) is 1.58. The molecule has 1 aromatic carbocycles. The number of hydrogen-bond donors (Lipinski definition) is 1. The number of piperidine rings is 1. The molecule has 0 unspecified atom stereocenters. The molecule has 1 amide bonds. The van der Waals surface area contributed by atoms with Crippen LogP contribution in [0.25, 0.3) is 11.3 Å². The second-order valence-electron chi connectivity index (χ2n) is 5.59. The van der Waals surface area contributed by atoms with Crippen LogP contribution >= 0.6 is 0 Å². The fourth-order valence-electron chi connectivity index (χ4n) is 2.78. The van der Waals surface area contributed by atoms with Crippen LogP contribution in [0.5, 0.6) is 0 Å². The number of pyridine rings is 1. The number of ether oxygens (including phenoxy) is 1. The number of amides is 1. The normalized spacial score (nSPS) is 15.3. The van der Waals surface area contributed by atoms with Gasteiger partial charge in [-0.15, -0.1) is 0 Å². The van der Waals surface area contributed by atoms with Crippen LogP contribution in [0.1, 0.15) is 12.8 Å². The van der Waals surface area contributed by atoms with Crippen LogP contribution in [-0.2, 0) is 4.74 Å². The standard InChI is InChI=1S/C18H21N3O2/c1-19-18(22)23-15-10-12-21(13-11-15)17-9-5-8-16(20-17)14-6-3-2-4-7-14/h2-9,15H,10-13H2,1H3,(H,19,22). The van der Waals surface area contributed by atoms with E-state index in [1.165, 1.54) is 0 Å². The van der Waals surface area contributed by atoms with Gasteiger partial charge in [-0.3, -0.25) is 0 Å². The molecule has 2 aromatic rings. The van der Waals surface area contributed by atoms with Crippen LogP contribution in [0.3, 0.4) is 0 Å². The minimum Gasteiger partial charge on any atom is -0.446 e. The zero-order valence-electron chi connectivity index (χ0n) is 13.2. The maximum absolute atomic E-state index is 11.3. The zero-order valence-corrected chi connectivity index (χ0v) is 13.2. The summed E-state index contributed by atoms with van der Waals surface area (Å²) >= 11 is 0. The molecule has 1 aromatic heterocycles. The maximum atomic E-state index is 11.3. The summed E-state index contributed by atoms with van der Waals surface area (Å²) in [5.74, 6) is 0.977. The first-order chi connectivity index (χ1) is 11.3. The lowest BCUT2D eigenvalue weighted by Crippen LogP contribution is -2.39. The fourth-order valence-corrected chi connectivity index (χ4v) is 2.78. The zero-order chi connectivity index (χ0) is 16.1. The average molecular weight is 311 g/mol. The third-order valence-electron chi connectivity index (χ3n) is 4.05. The van der Waals surface area contributed by atoms with E-state index < -0.39 is 0 Å². The van der Waals surface area contributed by atoms with Crippen LogP contribution in [-0.4, -0.2) is 37.3 Å². The largest absolute Gasteiger partial charge is 0.446 e. The van der Waals surface area contributed by atoms with Crippen molar-refractivity contribution >= 4 is 11.9 Å². The molecule has 1 aliphatic heterocycles. The molecule has 1 aliphatic rings. The van der Waals surface area contributed by atoms with E-state index in [9.17, 15) is 4.79 Å². The van der Waals surface area contributed by atoms with Crippen LogP contribution in [0.4, 0.5) is 10.6 Å². The number of rotatable bonds is 3. The van der Waals surface area contributed by atoms with E-state index in [1.807, 2.05) is 36.4 Å². The van der Waals surface area contributed by atoms with Crippen LogP contribution in [0.2, 0.25) is 0 Å². The van der Waals surface area contributed by atoms with Gasteiger partial charge in [-0.2, -0.15) is 0 Å². The molecule has 0 spiro atoms. The Balaban J connectivity index is 1.66. The van der Waals surface area contributed by atoms with Crippen molar-refractivity contribution in [3.63, 3.8) is 0 Å². The summed E-state index contributed by atoms with van der Waals surface area (Å²) in [4.78, 5) is 18.3. The van der Waals surface area contributed by atoms with Gasteiger partial charge in [0.15, 0.2) is 0 Å². The Morgan fingerprint density at radius 2 is 1.87 bits per heavy atom. The molecule has 2 heterocycles. The lowest BCUT2D eigenvalue weighted by atomic mass is 10.1. The minimum atomic E-state index is -0.354. The summed E-state index contributed by atoms with van der Waals surface area (Å²) in [6.45, 7) is 1.68. The van der Waals surface area contributed by atoms with E-state index in [0.717, 1.165) is 43.0 Å². The third-order valence-corrected chi connectivity index (χ3v) is 4.05. The van der Waals surface area contributed by atoms with Gasteiger partial charge in [0, 0.05) is 38.5 Å². The number of alkyl carbamates (subject to hydrolysis) is 1. The van der Waals surface area contributed by atoms with Gasteiger partial charge >= 0.3 is 6.09 Å². The van der Waals surface area contributed by atoms with Crippen molar-refractivity contribution in [2.75, 3.05) is 25.0 Å². The highest BCUT2D eigenvalue weighted by Crippen LogP contribution is 2.23. The summed E-state index contributed by atoms with van der Waals surface area (Å²) in [5.41, 5.74) is 2.10. The molecule has 0 aliphatic carbocycles. The number of aromatic nitrogens is 1. The van der Waals surface area contributed by atoms with E-state index in [-0.39, 0.29) is 12.2 Å². The first-order valence-corrected chi connectivity index (χ1v) is 7.92. The molecule has 0 atom stereocenters. The summed E-state index contributed by atoms with van der Waals surface area (Å²) in [6.07, 6.45) is 1.28. The van der Waals surface area contributed by atoms with E-state index in [0.29, 0.717) is 0 Å². The Bertz CT molecular complexity index is 652. The van der Waals surface area contributed by atoms with Gasteiger partial charge in [-0.05, 0) is 12.1 Å². The van der Waals surface area contributed by atoms with Crippen molar-refractivity contribution in [1.29, 1.82) is 0 Å². The molecule has 0 radical (unpaired) electrons. The molecule has 0 bridgehead atoms. The maximum Gasteiger partial charge on any atom is 0.407 e. The molecule has 1 N–H and O–H groups in total. The number of carbonyl (C=O) groups is 1. The second kappa shape index (κ2) is 7.13. The summed E-state index contributed by atoms with van der Waals surface area (Å²) < 4.78 is 5.32. The SMILES string of the molecule is CNC(=O)OC1CCN(c2cccc(-c3ccccc3)n2)CC1. The molecule has 5 nitrogen and oxygen atoms in total. The molecule has 0 saturated carbocycles. The number of anilines is 1. The summed E-state index contributed by atoms with van der Waals surface area (Å²) in [5, 5.41) is 2.49. The van der Waals surface area contributed by atoms with Gasteiger partial charge in [-0.25, -0.2) is 9.78 Å². The van der Waals surface area contributed by atoms with Crippen molar-refractivity contribution in [2.45, 2.75) is 18.9 Å². The topological polar surface area (TPSA) is 54.5 Å². The molecule has 1 fully saturated rings. The summed E-state index contributed by atoms with van der Waals surface area (Å²) in [6, 6.07) is 16.3. The number of benzene rings is 1.